The van der Waals surface area contributed by atoms with Crippen molar-refractivity contribution in [1.82, 2.24) is 9.78 Å². The summed E-state index contributed by atoms with van der Waals surface area (Å²) in [6, 6.07) is 6.38. The first-order chi connectivity index (χ1) is 6.81. The van der Waals surface area contributed by atoms with Crippen molar-refractivity contribution in [3.8, 4) is 0 Å². The molecule has 2 N–H and O–H groups in total. The second-order valence-electron chi connectivity index (χ2n) is 3.57. The van der Waals surface area contributed by atoms with Crippen molar-refractivity contribution in [2.45, 2.75) is 19.9 Å². The summed E-state index contributed by atoms with van der Waals surface area (Å²) in [6.07, 6.45) is 2.88. The van der Waals surface area contributed by atoms with Gasteiger partial charge in [0.25, 0.3) is 0 Å². The van der Waals surface area contributed by atoms with Crippen LogP contribution < -0.4 is 5.73 Å². The van der Waals surface area contributed by atoms with Crippen molar-refractivity contribution in [1.29, 1.82) is 0 Å². The Morgan fingerprint density at radius 2 is 2.29 bits per heavy atom. The molecule has 0 bridgehead atoms. The topological polar surface area (TPSA) is 43.8 Å². The molecular weight excluding hydrogens is 174 g/mol. The van der Waals surface area contributed by atoms with Crippen molar-refractivity contribution in [2.24, 2.45) is 5.73 Å². The minimum Gasteiger partial charge on any atom is -0.330 e. The predicted octanol–water partition coefficient (Wildman–Crippen LogP) is 1.69. The second kappa shape index (κ2) is 3.80. The van der Waals surface area contributed by atoms with Crippen molar-refractivity contribution < 1.29 is 0 Å². The van der Waals surface area contributed by atoms with Crippen LogP contribution in [0.15, 0.2) is 24.4 Å². The molecular formula is C11H15N3. The van der Waals surface area contributed by atoms with E-state index >= 15 is 0 Å². The van der Waals surface area contributed by atoms with Crippen LogP contribution in [0.5, 0.6) is 0 Å². The van der Waals surface area contributed by atoms with Gasteiger partial charge in [-0.25, -0.2) is 0 Å². The molecule has 14 heavy (non-hydrogen) atoms. The van der Waals surface area contributed by atoms with E-state index < -0.39 is 0 Å². The lowest BCUT2D eigenvalue weighted by molar-refractivity contribution is 0.602. The van der Waals surface area contributed by atoms with Gasteiger partial charge in [0.2, 0.25) is 0 Å². The maximum atomic E-state index is 5.48. The van der Waals surface area contributed by atoms with Crippen LogP contribution in [0.25, 0.3) is 10.9 Å². The first-order valence-corrected chi connectivity index (χ1v) is 4.93. The molecule has 1 aromatic carbocycles. The standard InChI is InChI=1S/C11H15N3/c1-9-3-4-10-8-13-14(6-2-5-12)11(10)7-9/h3-4,7-8H,2,5-6,12H2,1H3. The third-order valence-corrected chi connectivity index (χ3v) is 2.37. The molecule has 0 unspecified atom stereocenters. The predicted molar refractivity (Wildman–Crippen MR) is 58.1 cm³/mol. The molecule has 1 heterocycles. The maximum Gasteiger partial charge on any atom is 0.0685 e. The monoisotopic (exact) mass is 189 g/mol. The highest BCUT2D eigenvalue weighted by Gasteiger charge is 2.01. The number of benzene rings is 1. The smallest absolute Gasteiger partial charge is 0.0685 e. The zero-order valence-corrected chi connectivity index (χ0v) is 8.40. The largest absolute Gasteiger partial charge is 0.330 e. The van der Waals surface area contributed by atoms with E-state index in [9.17, 15) is 0 Å². The van der Waals surface area contributed by atoms with E-state index in [4.69, 9.17) is 5.73 Å². The quantitative estimate of drug-likeness (QED) is 0.798. The molecule has 0 saturated carbocycles. The number of hydrogen-bond acceptors (Lipinski definition) is 2. The van der Waals surface area contributed by atoms with Crippen molar-refractivity contribution >= 4 is 10.9 Å². The van der Waals surface area contributed by atoms with Gasteiger partial charge in [0.15, 0.2) is 0 Å². The number of nitrogens with zero attached hydrogens (tertiary/aromatic N) is 2. The molecule has 74 valence electrons. The zero-order valence-electron chi connectivity index (χ0n) is 8.40. The Balaban J connectivity index is 2.40. The van der Waals surface area contributed by atoms with Gasteiger partial charge in [0.1, 0.15) is 0 Å². The molecule has 3 nitrogen and oxygen atoms in total. The summed E-state index contributed by atoms with van der Waals surface area (Å²) in [6.45, 7) is 3.72. The SMILES string of the molecule is Cc1ccc2cnn(CCCN)c2c1. The van der Waals surface area contributed by atoms with Crippen LogP contribution in [0.3, 0.4) is 0 Å². The van der Waals surface area contributed by atoms with Gasteiger partial charge in [-0.05, 0) is 31.5 Å². The van der Waals surface area contributed by atoms with Gasteiger partial charge in [0.05, 0.1) is 11.7 Å². The van der Waals surface area contributed by atoms with Crippen LogP contribution in [0.4, 0.5) is 0 Å². The molecule has 3 heteroatoms. The van der Waals surface area contributed by atoms with E-state index in [0.29, 0.717) is 6.54 Å². The Morgan fingerprint density at radius 1 is 1.43 bits per heavy atom. The summed E-state index contributed by atoms with van der Waals surface area (Å²) < 4.78 is 2.02. The molecule has 1 aromatic heterocycles. The third-order valence-electron chi connectivity index (χ3n) is 2.37. The molecule has 0 atom stereocenters. The number of nitrogens with two attached hydrogens (primary N) is 1. The van der Waals surface area contributed by atoms with Crippen LogP contribution in [0.1, 0.15) is 12.0 Å². The molecule has 0 saturated heterocycles. The van der Waals surface area contributed by atoms with Crippen LogP contribution >= 0.6 is 0 Å². The molecule has 2 aromatic rings. The third kappa shape index (κ3) is 1.63. The normalized spacial score (nSPS) is 11.0. The van der Waals surface area contributed by atoms with Crippen LogP contribution in [0, 0.1) is 6.92 Å². The van der Waals surface area contributed by atoms with E-state index in [0.717, 1.165) is 13.0 Å². The summed E-state index contributed by atoms with van der Waals surface area (Å²) in [5, 5.41) is 5.54. The summed E-state index contributed by atoms with van der Waals surface area (Å²) in [5.74, 6) is 0. The number of aromatic nitrogens is 2. The van der Waals surface area contributed by atoms with Gasteiger partial charge in [0, 0.05) is 11.9 Å². The van der Waals surface area contributed by atoms with E-state index in [2.05, 4.69) is 30.2 Å². The van der Waals surface area contributed by atoms with E-state index in [1.165, 1.54) is 16.5 Å². The summed E-state index contributed by atoms with van der Waals surface area (Å²) in [5.41, 5.74) is 7.96. The summed E-state index contributed by atoms with van der Waals surface area (Å²) in [4.78, 5) is 0. The first kappa shape index (κ1) is 9.21. The highest BCUT2D eigenvalue weighted by Crippen LogP contribution is 2.15. The van der Waals surface area contributed by atoms with Crippen molar-refractivity contribution in [3.63, 3.8) is 0 Å². The fourth-order valence-electron chi connectivity index (χ4n) is 1.60. The lowest BCUT2D eigenvalue weighted by Crippen LogP contribution is -2.06. The number of hydrogen-bond donors (Lipinski definition) is 1. The Labute approximate surface area is 83.5 Å². The first-order valence-electron chi connectivity index (χ1n) is 4.93. The fraction of sp³-hybridized carbons (Fsp3) is 0.364. The number of fused-ring (bicyclic) bond motifs is 1. The van der Waals surface area contributed by atoms with Crippen LogP contribution in [-0.4, -0.2) is 16.3 Å². The molecule has 0 aliphatic carbocycles. The fourth-order valence-corrected chi connectivity index (χ4v) is 1.60. The molecule has 0 aliphatic rings. The molecule has 0 aliphatic heterocycles. The molecule has 0 fully saturated rings. The molecule has 0 amide bonds. The van der Waals surface area contributed by atoms with E-state index in [1.54, 1.807) is 0 Å². The van der Waals surface area contributed by atoms with Gasteiger partial charge in [-0.2, -0.15) is 5.10 Å². The minimum atomic E-state index is 0.715. The van der Waals surface area contributed by atoms with Gasteiger partial charge in [-0.3, -0.25) is 4.68 Å². The van der Waals surface area contributed by atoms with Gasteiger partial charge in [-0.15, -0.1) is 0 Å². The number of rotatable bonds is 3. The highest BCUT2D eigenvalue weighted by molar-refractivity contribution is 5.79. The summed E-state index contributed by atoms with van der Waals surface area (Å²) in [7, 11) is 0. The van der Waals surface area contributed by atoms with E-state index in [1.807, 2.05) is 10.9 Å². The highest BCUT2D eigenvalue weighted by atomic mass is 15.3. The lowest BCUT2D eigenvalue weighted by Gasteiger charge is -2.02. The molecule has 2 rings (SSSR count). The molecule has 0 spiro atoms. The van der Waals surface area contributed by atoms with Gasteiger partial charge in [-0.1, -0.05) is 12.1 Å². The van der Waals surface area contributed by atoms with E-state index in [-0.39, 0.29) is 0 Å². The zero-order chi connectivity index (χ0) is 9.97. The van der Waals surface area contributed by atoms with Gasteiger partial charge >= 0.3 is 0 Å². The van der Waals surface area contributed by atoms with Crippen LogP contribution in [-0.2, 0) is 6.54 Å². The van der Waals surface area contributed by atoms with Gasteiger partial charge < -0.3 is 5.73 Å². The van der Waals surface area contributed by atoms with Crippen molar-refractivity contribution in [2.75, 3.05) is 6.54 Å². The Kier molecular flexibility index (Phi) is 2.50. The Morgan fingerprint density at radius 3 is 3.07 bits per heavy atom. The Bertz CT molecular complexity index is 431. The maximum absolute atomic E-state index is 5.48. The van der Waals surface area contributed by atoms with Crippen LogP contribution in [0.2, 0.25) is 0 Å². The molecule has 0 radical (unpaired) electrons. The minimum absolute atomic E-state index is 0.715. The Hall–Kier alpha value is -1.35. The number of aryl methyl sites for hydroxylation is 2. The van der Waals surface area contributed by atoms with Crippen molar-refractivity contribution in [3.05, 3.63) is 30.0 Å². The lowest BCUT2D eigenvalue weighted by atomic mass is 10.2. The average molecular weight is 189 g/mol. The summed E-state index contributed by atoms with van der Waals surface area (Å²) >= 11 is 0. The second-order valence-corrected chi connectivity index (χ2v) is 3.57. The average Bonchev–Trinajstić information content (AvgIpc) is 2.57.